The number of ether oxygens (including phenoxy) is 1. The van der Waals surface area contributed by atoms with Crippen molar-refractivity contribution in [3.05, 3.63) is 94.8 Å². The van der Waals surface area contributed by atoms with Crippen LogP contribution in [0.25, 0.3) is 0 Å². The number of esters is 1. The van der Waals surface area contributed by atoms with Gasteiger partial charge >= 0.3 is 5.97 Å². The van der Waals surface area contributed by atoms with E-state index in [0.717, 1.165) is 0 Å². The van der Waals surface area contributed by atoms with E-state index in [2.05, 4.69) is 10.3 Å². The van der Waals surface area contributed by atoms with Crippen LogP contribution in [0.5, 0.6) is 0 Å². The van der Waals surface area contributed by atoms with Gasteiger partial charge in [-0.3, -0.25) is 19.4 Å². The quantitative estimate of drug-likeness (QED) is 0.528. The lowest BCUT2D eigenvalue weighted by atomic mass is 9.84. The Kier molecular flexibility index (Phi) is 4.93. The van der Waals surface area contributed by atoms with Crippen molar-refractivity contribution in [2.75, 3.05) is 5.32 Å². The third kappa shape index (κ3) is 3.48. The van der Waals surface area contributed by atoms with E-state index in [-0.39, 0.29) is 28.3 Å². The predicted octanol–water partition coefficient (Wildman–Crippen LogP) is 3.04. The van der Waals surface area contributed by atoms with Gasteiger partial charge in [0.1, 0.15) is 0 Å². The van der Waals surface area contributed by atoms with Crippen molar-refractivity contribution in [3.63, 3.8) is 0 Å². The van der Waals surface area contributed by atoms with Crippen molar-refractivity contribution >= 4 is 29.1 Å². The fourth-order valence-electron chi connectivity index (χ4n) is 3.19. The Morgan fingerprint density at radius 2 is 1.47 bits per heavy atom. The maximum atomic E-state index is 12.8. The van der Waals surface area contributed by atoms with E-state index >= 15 is 0 Å². The van der Waals surface area contributed by atoms with Gasteiger partial charge in [-0.05, 0) is 37.3 Å². The normalized spacial score (nSPS) is 13.1. The lowest BCUT2D eigenvalue weighted by molar-refractivity contribution is -0.123. The summed E-state index contributed by atoms with van der Waals surface area (Å²) in [6.07, 6.45) is 1.83. The van der Waals surface area contributed by atoms with E-state index in [1.54, 1.807) is 24.3 Å². The number of ketones is 2. The number of pyridine rings is 1. The minimum absolute atomic E-state index is 0.220. The van der Waals surface area contributed by atoms with Gasteiger partial charge in [0.15, 0.2) is 17.7 Å². The number of hydrogen-bond donors (Lipinski definition) is 1. The molecule has 148 valence electrons. The van der Waals surface area contributed by atoms with Crippen molar-refractivity contribution in [1.82, 2.24) is 4.98 Å². The summed E-state index contributed by atoms with van der Waals surface area (Å²) in [7, 11) is 0. The molecule has 2 aromatic carbocycles. The average Bonchev–Trinajstić information content (AvgIpc) is 2.78. The minimum atomic E-state index is -1.07. The third-order valence-corrected chi connectivity index (χ3v) is 4.76. The van der Waals surface area contributed by atoms with E-state index in [4.69, 9.17) is 4.74 Å². The Labute approximate surface area is 171 Å². The minimum Gasteiger partial charge on any atom is -0.449 e. The van der Waals surface area contributed by atoms with Crippen LogP contribution in [0.4, 0.5) is 5.69 Å². The molecule has 0 unspecified atom stereocenters. The highest BCUT2D eigenvalue weighted by Crippen LogP contribution is 2.29. The lowest BCUT2D eigenvalue weighted by Gasteiger charge is -2.19. The molecule has 0 saturated carbocycles. The number of anilines is 1. The Morgan fingerprint density at radius 1 is 0.867 bits per heavy atom. The Morgan fingerprint density at radius 3 is 2.13 bits per heavy atom. The molecule has 0 saturated heterocycles. The monoisotopic (exact) mass is 400 g/mol. The van der Waals surface area contributed by atoms with Gasteiger partial charge in [0.2, 0.25) is 0 Å². The number of hydrogen-bond acceptors (Lipinski definition) is 6. The zero-order chi connectivity index (χ0) is 21.3. The number of fused-ring (bicyclic) bond motifs is 2. The summed E-state index contributed by atoms with van der Waals surface area (Å²) in [5.74, 6) is -1.73. The molecule has 3 aromatic rings. The first-order valence-electron chi connectivity index (χ1n) is 9.20. The van der Waals surface area contributed by atoms with Crippen molar-refractivity contribution in [2.45, 2.75) is 13.0 Å². The molecule has 1 atom stereocenters. The average molecular weight is 400 g/mol. The SMILES string of the molecule is C[C@@H](OC(=O)c1ccncc1)C(=O)Nc1ccc2c(c1)C(=O)c1ccccc1C2=O. The van der Waals surface area contributed by atoms with Crippen LogP contribution in [0.3, 0.4) is 0 Å². The molecule has 7 heteroatoms. The Hall–Kier alpha value is -4.13. The molecule has 0 spiro atoms. The standard InChI is InChI=1S/C23H16N2O5/c1-13(30-23(29)14-8-10-24-11-9-14)22(28)25-15-6-7-18-19(12-15)21(27)17-5-3-2-4-16(17)20(18)26/h2-13H,1H3,(H,25,28)/t13-/m1/s1. The topological polar surface area (TPSA) is 102 Å². The van der Waals surface area contributed by atoms with E-state index in [9.17, 15) is 19.2 Å². The molecular weight excluding hydrogens is 384 g/mol. The number of nitrogens with zero attached hydrogens (tertiary/aromatic N) is 1. The number of rotatable bonds is 4. The van der Waals surface area contributed by atoms with E-state index in [1.807, 2.05) is 0 Å². The van der Waals surface area contributed by atoms with E-state index < -0.39 is 18.0 Å². The molecule has 0 radical (unpaired) electrons. The number of nitrogens with one attached hydrogen (secondary N) is 1. The molecule has 1 aliphatic carbocycles. The van der Waals surface area contributed by atoms with Crippen LogP contribution in [0.2, 0.25) is 0 Å². The van der Waals surface area contributed by atoms with Crippen LogP contribution < -0.4 is 5.32 Å². The van der Waals surface area contributed by atoms with Gasteiger partial charge in [-0.1, -0.05) is 24.3 Å². The smallest absolute Gasteiger partial charge is 0.339 e. The summed E-state index contributed by atoms with van der Waals surface area (Å²) in [5.41, 5.74) is 1.81. The van der Waals surface area contributed by atoms with Gasteiger partial charge in [0.25, 0.3) is 5.91 Å². The summed E-state index contributed by atoms with van der Waals surface area (Å²) < 4.78 is 5.17. The molecule has 7 nitrogen and oxygen atoms in total. The molecular formula is C23H16N2O5. The van der Waals surface area contributed by atoms with Crippen LogP contribution in [0.15, 0.2) is 67.0 Å². The summed E-state index contributed by atoms with van der Waals surface area (Å²) in [6, 6.07) is 14.1. The van der Waals surface area contributed by atoms with E-state index in [1.165, 1.54) is 49.6 Å². The molecule has 0 bridgehead atoms. The maximum Gasteiger partial charge on any atom is 0.339 e. The van der Waals surface area contributed by atoms with Crippen molar-refractivity contribution in [2.24, 2.45) is 0 Å². The first-order valence-corrected chi connectivity index (χ1v) is 9.20. The van der Waals surface area contributed by atoms with Gasteiger partial charge in [0, 0.05) is 40.3 Å². The molecule has 0 aliphatic heterocycles. The first-order chi connectivity index (χ1) is 14.5. The second-order valence-corrected chi connectivity index (χ2v) is 6.74. The molecule has 1 heterocycles. The summed E-state index contributed by atoms with van der Waals surface area (Å²) in [4.78, 5) is 53.8. The van der Waals surface area contributed by atoms with Crippen LogP contribution >= 0.6 is 0 Å². The maximum absolute atomic E-state index is 12.8. The molecule has 4 rings (SSSR count). The fraction of sp³-hybridized carbons (Fsp3) is 0.0870. The fourth-order valence-corrected chi connectivity index (χ4v) is 3.19. The van der Waals surface area contributed by atoms with Gasteiger partial charge in [-0.25, -0.2) is 4.79 Å². The molecule has 1 aliphatic rings. The van der Waals surface area contributed by atoms with Crippen LogP contribution in [-0.4, -0.2) is 34.5 Å². The highest BCUT2D eigenvalue weighted by molar-refractivity contribution is 6.28. The number of amides is 1. The first kappa shape index (κ1) is 19.2. The number of carbonyl (C=O) groups is 4. The van der Waals surface area contributed by atoms with Crippen molar-refractivity contribution in [1.29, 1.82) is 0 Å². The Balaban J connectivity index is 1.51. The molecule has 1 amide bonds. The van der Waals surface area contributed by atoms with Crippen molar-refractivity contribution < 1.29 is 23.9 Å². The molecule has 1 aromatic heterocycles. The number of carbonyl (C=O) groups excluding carboxylic acids is 4. The highest BCUT2D eigenvalue weighted by atomic mass is 16.5. The molecule has 1 N–H and O–H groups in total. The second-order valence-electron chi connectivity index (χ2n) is 6.74. The van der Waals surface area contributed by atoms with Gasteiger partial charge in [-0.2, -0.15) is 0 Å². The Bertz CT molecular complexity index is 1190. The molecule has 0 fully saturated rings. The lowest BCUT2D eigenvalue weighted by Crippen LogP contribution is -2.30. The highest BCUT2D eigenvalue weighted by Gasteiger charge is 2.29. The summed E-state index contributed by atoms with van der Waals surface area (Å²) >= 11 is 0. The predicted molar refractivity (Wildman–Crippen MR) is 107 cm³/mol. The van der Waals surface area contributed by atoms with Crippen LogP contribution in [-0.2, 0) is 9.53 Å². The van der Waals surface area contributed by atoms with Crippen molar-refractivity contribution in [3.8, 4) is 0 Å². The zero-order valence-corrected chi connectivity index (χ0v) is 15.9. The van der Waals surface area contributed by atoms with Gasteiger partial charge in [-0.15, -0.1) is 0 Å². The second kappa shape index (κ2) is 7.71. The summed E-state index contributed by atoms with van der Waals surface area (Å²) in [6.45, 7) is 1.44. The molecule has 30 heavy (non-hydrogen) atoms. The van der Waals surface area contributed by atoms with E-state index in [0.29, 0.717) is 16.8 Å². The van der Waals surface area contributed by atoms with Gasteiger partial charge < -0.3 is 10.1 Å². The zero-order valence-electron chi connectivity index (χ0n) is 15.9. The van der Waals surface area contributed by atoms with Crippen LogP contribution in [0, 0.1) is 0 Å². The number of benzene rings is 2. The largest absolute Gasteiger partial charge is 0.449 e. The van der Waals surface area contributed by atoms with Gasteiger partial charge in [0.05, 0.1) is 5.56 Å². The van der Waals surface area contributed by atoms with Crippen LogP contribution in [0.1, 0.15) is 49.1 Å². The summed E-state index contributed by atoms with van der Waals surface area (Å²) in [5, 5.41) is 2.62. The third-order valence-electron chi connectivity index (χ3n) is 4.76. The number of aromatic nitrogens is 1.